The number of carbonyl (C=O) groups is 1. The fourth-order valence-corrected chi connectivity index (χ4v) is 3.40. The van der Waals surface area contributed by atoms with E-state index in [-0.39, 0.29) is 29.8 Å². The average Bonchev–Trinajstić information content (AvgIpc) is 2.38. The van der Waals surface area contributed by atoms with Gasteiger partial charge in [-0.3, -0.25) is 4.79 Å². The maximum atomic E-state index is 11.9. The highest BCUT2D eigenvalue weighted by atomic mass is 32.2. The van der Waals surface area contributed by atoms with Gasteiger partial charge < -0.3 is 4.74 Å². The number of rotatable bonds is 8. The van der Waals surface area contributed by atoms with Crippen molar-refractivity contribution in [3.63, 3.8) is 0 Å². The van der Waals surface area contributed by atoms with Gasteiger partial charge in [-0.1, -0.05) is 32.4 Å². The number of carbonyl (C=O) groups excluding carboxylic acids is 1. The largest absolute Gasteiger partial charge is 0.492 e. The molecular formula is C15H22O4S. The van der Waals surface area contributed by atoms with E-state index in [1.54, 1.807) is 24.3 Å². The lowest BCUT2D eigenvalue weighted by molar-refractivity contribution is 0.101. The second kappa shape index (κ2) is 7.43. The molecule has 4 nitrogen and oxygen atoms in total. The number of hydrogen-bond donors (Lipinski definition) is 0. The Morgan fingerprint density at radius 2 is 1.95 bits per heavy atom. The van der Waals surface area contributed by atoms with Crippen LogP contribution in [0.25, 0.3) is 0 Å². The number of para-hydroxylation sites is 1. The molecule has 20 heavy (non-hydrogen) atoms. The van der Waals surface area contributed by atoms with Crippen molar-refractivity contribution >= 4 is 15.6 Å². The van der Waals surface area contributed by atoms with Crippen molar-refractivity contribution < 1.29 is 17.9 Å². The Morgan fingerprint density at radius 1 is 1.30 bits per heavy atom. The number of benzene rings is 1. The second-order valence-corrected chi connectivity index (χ2v) is 7.26. The van der Waals surface area contributed by atoms with Gasteiger partial charge in [0, 0.05) is 0 Å². The lowest BCUT2D eigenvalue weighted by Gasteiger charge is -2.12. The van der Waals surface area contributed by atoms with Gasteiger partial charge in [0.25, 0.3) is 0 Å². The van der Waals surface area contributed by atoms with Crippen molar-refractivity contribution in [1.82, 2.24) is 0 Å². The van der Waals surface area contributed by atoms with Crippen LogP contribution in [0.2, 0.25) is 0 Å². The molecule has 0 heterocycles. The van der Waals surface area contributed by atoms with Crippen LogP contribution in [-0.2, 0) is 9.84 Å². The van der Waals surface area contributed by atoms with Crippen LogP contribution in [0, 0.1) is 5.92 Å². The quantitative estimate of drug-likeness (QED) is 0.692. The predicted molar refractivity (Wildman–Crippen MR) is 80.1 cm³/mol. The molecule has 1 aromatic carbocycles. The summed E-state index contributed by atoms with van der Waals surface area (Å²) in [5.74, 6) is 0.663. The van der Waals surface area contributed by atoms with E-state index in [1.165, 1.54) is 6.92 Å². The molecule has 112 valence electrons. The van der Waals surface area contributed by atoms with E-state index in [0.29, 0.717) is 11.3 Å². The molecular weight excluding hydrogens is 276 g/mol. The van der Waals surface area contributed by atoms with Crippen molar-refractivity contribution in [1.29, 1.82) is 0 Å². The van der Waals surface area contributed by atoms with Crippen LogP contribution in [0.15, 0.2) is 24.3 Å². The third-order valence-corrected chi connectivity index (χ3v) is 5.02. The van der Waals surface area contributed by atoms with E-state index in [1.807, 2.05) is 13.8 Å². The average molecular weight is 298 g/mol. The first-order chi connectivity index (χ1) is 9.35. The number of sulfone groups is 1. The molecule has 0 radical (unpaired) electrons. The number of hydrogen-bond acceptors (Lipinski definition) is 4. The molecule has 0 fully saturated rings. The molecule has 0 spiro atoms. The van der Waals surface area contributed by atoms with Crippen LogP contribution in [-0.4, -0.2) is 32.3 Å². The van der Waals surface area contributed by atoms with Crippen LogP contribution in [0.4, 0.5) is 0 Å². The maximum Gasteiger partial charge on any atom is 0.163 e. The summed E-state index contributed by atoms with van der Waals surface area (Å²) in [6.45, 7) is 5.42. The Balaban J connectivity index is 2.59. The Hall–Kier alpha value is -1.36. The minimum absolute atomic E-state index is 0.0242. The van der Waals surface area contributed by atoms with Gasteiger partial charge in [0.15, 0.2) is 15.6 Å². The summed E-state index contributed by atoms with van der Waals surface area (Å²) in [4.78, 5) is 11.4. The van der Waals surface area contributed by atoms with Gasteiger partial charge in [-0.15, -0.1) is 0 Å². The Labute approximate surface area is 121 Å². The summed E-state index contributed by atoms with van der Waals surface area (Å²) < 4.78 is 29.2. The summed E-state index contributed by atoms with van der Waals surface area (Å²) in [5.41, 5.74) is 0.479. The van der Waals surface area contributed by atoms with Crippen molar-refractivity contribution in [2.24, 2.45) is 5.92 Å². The molecule has 1 atom stereocenters. The third-order valence-electron chi connectivity index (χ3n) is 3.15. The third kappa shape index (κ3) is 5.33. The highest BCUT2D eigenvalue weighted by Crippen LogP contribution is 2.18. The van der Waals surface area contributed by atoms with Crippen molar-refractivity contribution in [3.8, 4) is 5.75 Å². The molecule has 1 unspecified atom stereocenters. The first-order valence-electron chi connectivity index (χ1n) is 6.79. The van der Waals surface area contributed by atoms with E-state index >= 15 is 0 Å². The molecule has 5 heteroatoms. The molecule has 0 bridgehead atoms. The van der Waals surface area contributed by atoms with Crippen LogP contribution in [0.1, 0.15) is 37.6 Å². The fraction of sp³-hybridized carbons (Fsp3) is 0.533. The monoisotopic (exact) mass is 298 g/mol. The van der Waals surface area contributed by atoms with E-state index < -0.39 is 9.84 Å². The van der Waals surface area contributed by atoms with Crippen LogP contribution in [0.3, 0.4) is 0 Å². The van der Waals surface area contributed by atoms with E-state index in [0.717, 1.165) is 6.42 Å². The summed E-state index contributed by atoms with van der Waals surface area (Å²) >= 11 is 0. The molecule has 0 aromatic heterocycles. The fourth-order valence-electron chi connectivity index (χ4n) is 1.80. The first kappa shape index (κ1) is 16.7. The lowest BCUT2D eigenvalue weighted by atomic mass is 10.1. The highest BCUT2D eigenvalue weighted by molar-refractivity contribution is 7.91. The van der Waals surface area contributed by atoms with Crippen molar-refractivity contribution in [3.05, 3.63) is 29.8 Å². The SMILES string of the molecule is CCC(C)CS(=O)(=O)CCOc1ccccc1C(C)=O. The molecule has 0 saturated heterocycles. The van der Waals surface area contributed by atoms with Gasteiger partial charge in [0.1, 0.15) is 12.4 Å². The van der Waals surface area contributed by atoms with Crippen molar-refractivity contribution in [2.75, 3.05) is 18.1 Å². The van der Waals surface area contributed by atoms with Gasteiger partial charge in [-0.25, -0.2) is 8.42 Å². The van der Waals surface area contributed by atoms with Crippen LogP contribution in [0.5, 0.6) is 5.75 Å². The standard InChI is InChI=1S/C15H22O4S/c1-4-12(2)11-20(17,18)10-9-19-15-8-6-5-7-14(15)13(3)16/h5-8,12H,4,9-11H2,1-3H3. The highest BCUT2D eigenvalue weighted by Gasteiger charge is 2.15. The zero-order chi connectivity index (χ0) is 15.2. The minimum Gasteiger partial charge on any atom is -0.492 e. The van der Waals surface area contributed by atoms with Crippen molar-refractivity contribution in [2.45, 2.75) is 27.2 Å². The molecule has 0 amide bonds. The smallest absolute Gasteiger partial charge is 0.163 e. The van der Waals surface area contributed by atoms with Gasteiger partial charge in [0.05, 0.1) is 17.1 Å². The zero-order valence-corrected chi connectivity index (χ0v) is 13.1. The van der Waals surface area contributed by atoms with Gasteiger partial charge in [-0.05, 0) is 25.0 Å². The predicted octanol–water partition coefficient (Wildman–Crippen LogP) is 2.73. The molecule has 1 rings (SSSR count). The van der Waals surface area contributed by atoms with E-state index in [4.69, 9.17) is 4.74 Å². The van der Waals surface area contributed by atoms with Gasteiger partial charge in [-0.2, -0.15) is 0 Å². The van der Waals surface area contributed by atoms with E-state index in [2.05, 4.69) is 0 Å². The molecule has 0 saturated carbocycles. The molecule has 1 aromatic rings. The number of ether oxygens (including phenoxy) is 1. The van der Waals surface area contributed by atoms with E-state index in [9.17, 15) is 13.2 Å². The Kier molecular flexibility index (Phi) is 6.20. The molecule has 0 aliphatic heterocycles. The summed E-state index contributed by atoms with van der Waals surface area (Å²) in [6.07, 6.45) is 0.841. The topological polar surface area (TPSA) is 60.4 Å². The lowest BCUT2D eigenvalue weighted by Crippen LogP contribution is -2.21. The number of ketones is 1. The summed E-state index contributed by atoms with van der Waals surface area (Å²) in [6, 6.07) is 6.86. The van der Waals surface area contributed by atoms with Gasteiger partial charge in [0.2, 0.25) is 0 Å². The molecule has 0 aliphatic rings. The minimum atomic E-state index is -3.11. The normalized spacial score (nSPS) is 12.9. The molecule has 0 N–H and O–H groups in total. The van der Waals surface area contributed by atoms with Crippen LogP contribution < -0.4 is 4.74 Å². The number of Topliss-reactive ketones (excluding diaryl/α,β-unsaturated/α-hetero) is 1. The molecule has 0 aliphatic carbocycles. The maximum absolute atomic E-state index is 11.9. The Bertz CT molecular complexity index is 549. The summed E-state index contributed by atoms with van der Waals surface area (Å²) in [7, 11) is -3.11. The second-order valence-electron chi connectivity index (χ2n) is 5.03. The zero-order valence-electron chi connectivity index (χ0n) is 12.3. The van der Waals surface area contributed by atoms with Crippen LogP contribution >= 0.6 is 0 Å². The first-order valence-corrected chi connectivity index (χ1v) is 8.61. The Morgan fingerprint density at radius 3 is 2.55 bits per heavy atom. The van der Waals surface area contributed by atoms with Gasteiger partial charge >= 0.3 is 0 Å². The summed E-state index contributed by atoms with van der Waals surface area (Å²) in [5, 5.41) is 0.